The highest BCUT2D eigenvalue weighted by atomic mass is 79.9. The summed E-state index contributed by atoms with van der Waals surface area (Å²) < 4.78 is 0. The topological polar surface area (TPSA) is 40.5 Å². The van der Waals surface area contributed by atoms with Crippen molar-refractivity contribution in [2.24, 2.45) is 56.7 Å². The molecule has 5 saturated carbocycles. The smallest absolute Gasteiger partial charge is 0.0594 e. The Morgan fingerprint density at radius 3 is 2.24 bits per heavy atom. The van der Waals surface area contributed by atoms with E-state index in [1.165, 1.54) is 63.4 Å². The molecule has 0 bridgehead atoms. The molecule has 10 atom stereocenters. The summed E-state index contributed by atoms with van der Waals surface area (Å²) in [4.78, 5) is 0. The number of hydrogen-bond donors (Lipinski definition) is 2. The summed E-state index contributed by atoms with van der Waals surface area (Å²) in [5, 5.41) is 22.5. The van der Waals surface area contributed by atoms with Crippen molar-refractivity contribution in [3.63, 3.8) is 0 Å². The number of halogens is 1. The van der Waals surface area contributed by atoms with Crippen LogP contribution >= 0.6 is 15.9 Å². The molecule has 0 amide bonds. The van der Waals surface area contributed by atoms with E-state index < -0.39 is 0 Å². The van der Waals surface area contributed by atoms with Crippen molar-refractivity contribution in [2.75, 3.05) is 11.9 Å². The second-order valence-corrected chi connectivity index (χ2v) is 15.1. The summed E-state index contributed by atoms with van der Waals surface area (Å²) in [7, 11) is 0. The van der Waals surface area contributed by atoms with E-state index in [-0.39, 0.29) is 16.9 Å². The molecule has 2 N–H and O–H groups in total. The van der Waals surface area contributed by atoms with Crippen molar-refractivity contribution in [3.8, 4) is 0 Å². The second kappa shape index (κ2) is 7.82. The molecule has 0 aromatic rings. The molecule has 188 valence electrons. The van der Waals surface area contributed by atoms with Gasteiger partial charge in [0, 0.05) is 11.9 Å². The molecule has 0 spiro atoms. The van der Waals surface area contributed by atoms with E-state index in [9.17, 15) is 10.2 Å². The predicted octanol–water partition coefficient (Wildman–Crippen LogP) is 7.37. The molecule has 0 aromatic heterocycles. The first kappa shape index (κ1) is 24.8. The second-order valence-electron chi connectivity index (χ2n) is 14.5. The van der Waals surface area contributed by atoms with Crippen LogP contribution in [0.25, 0.3) is 0 Å². The van der Waals surface area contributed by atoms with Crippen LogP contribution in [-0.4, -0.2) is 28.3 Å². The molecule has 5 aliphatic carbocycles. The van der Waals surface area contributed by atoms with Crippen molar-refractivity contribution in [1.29, 1.82) is 0 Å². The Bertz CT molecular complexity index is 807. The Labute approximate surface area is 211 Å². The molecular weight excluding hydrogens is 472 g/mol. The van der Waals surface area contributed by atoms with Crippen LogP contribution < -0.4 is 0 Å². The van der Waals surface area contributed by atoms with Crippen LogP contribution in [0.5, 0.6) is 0 Å². The lowest BCUT2D eigenvalue weighted by Gasteiger charge is -2.73. The third kappa shape index (κ3) is 3.03. The van der Waals surface area contributed by atoms with Crippen LogP contribution in [0, 0.1) is 56.7 Å². The van der Waals surface area contributed by atoms with Crippen LogP contribution in [0.4, 0.5) is 0 Å². The average molecular weight is 522 g/mol. The van der Waals surface area contributed by atoms with Gasteiger partial charge >= 0.3 is 0 Å². The van der Waals surface area contributed by atoms with Crippen LogP contribution in [0.2, 0.25) is 0 Å². The first-order valence-corrected chi connectivity index (χ1v) is 15.1. The minimum absolute atomic E-state index is 0.0227. The average Bonchev–Trinajstić information content (AvgIpc) is 3.17. The summed E-state index contributed by atoms with van der Waals surface area (Å²) in [5.41, 5.74) is 2.54. The van der Waals surface area contributed by atoms with Gasteiger partial charge in [0.25, 0.3) is 0 Å². The monoisotopic (exact) mass is 520 g/mol. The number of fused-ring (bicyclic) bond motifs is 7. The third-order valence-electron chi connectivity index (χ3n) is 13.6. The summed E-state index contributed by atoms with van der Waals surface area (Å²) >= 11 is 3.73. The van der Waals surface area contributed by atoms with Gasteiger partial charge in [-0.3, -0.25) is 0 Å². The molecule has 5 aliphatic rings. The minimum Gasteiger partial charge on any atom is -0.396 e. The highest BCUT2D eigenvalue weighted by Crippen LogP contribution is 2.77. The molecule has 0 radical (unpaired) electrons. The number of aliphatic hydroxyl groups is 2. The van der Waals surface area contributed by atoms with Crippen molar-refractivity contribution in [1.82, 2.24) is 0 Å². The molecule has 0 unspecified atom stereocenters. The molecule has 0 heterocycles. The standard InChI is InChI=1S/C30H49BrO2/c1-19(17-31)20-9-14-30(18-32)16-15-28(5)21(25(20)30)7-8-23-27(4)12-11-24(33)26(2,3)22(27)10-13-29(23,28)6/h20-25,32-33H,1,7-18H2,2-6H3/t20-,21+,22-,23+,24-,25+,27-,28+,29+,30+/m0/s1. The Morgan fingerprint density at radius 2 is 1.58 bits per heavy atom. The van der Waals surface area contributed by atoms with Crippen molar-refractivity contribution in [3.05, 3.63) is 12.2 Å². The van der Waals surface area contributed by atoms with Gasteiger partial charge < -0.3 is 10.2 Å². The number of allylic oxidation sites excluding steroid dienone is 1. The summed E-state index contributed by atoms with van der Waals surface area (Å²) in [5.74, 6) is 3.23. The fourth-order valence-corrected chi connectivity index (χ4v) is 12.0. The van der Waals surface area contributed by atoms with Gasteiger partial charge in [0.05, 0.1) is 6.10 Å². The molecule has 3 heteroatoms. The number of hydrogen-bond acceptors (Lipinski definition) is 2. The number of rotatable bonds is 3. The summed E-state index contributed by atoms with van der Waals surface area (Å²) in [6.45, 7) is 17.5. The zero-order valence-corrected chi connectivity index (χ0v) is 23.5. The van der Waals surface area contributed by atoms with E-state index in [2.05, 4.69) is 57.1 Å². The van der Waals surface area contributed by atoms with Gasteiger partial charge in [-0.2, -0.15) is 0 Å². The van der Waals surface area contributed by atoms with Crippen molar-refractivity contribution >= 4 is 15.9 Å². The van der Waals surface area contributed by atoms with E-state index in [4.69, 9.17) is 0 Å². The first-order chi connectivity index (χ1) is 15.4. The maximum atomic E-state index is 10.9. The lowest BCUT2D eigenvalue weighted by atomic mass is 9.32. The van der Waals surface area contributed by atoms with Crippen LogP contribution in [0.3, 0.4) is 0 Å². The third-order valence-corrected chi connectivity index (χ3v) is 14.3. The Balaban J connectivity index is 1.54. The largest absolute Gasteiger partial charge is 0.396 e. The fraction of sp³-hybridized carbons (Fsp3) is 0.933. The Morgan fingerprint density at radius 1 is 0.848 bits per heavy atom. The molecule has 0 saturated heterocycles. The van der Waals surface area contributed by atoms with Crippen LogP contribution in [-0.2, 0) is 0 Å². The van der Waals surface area contributed by atoms with E-state index in [1.54, 1.807) is 0 Å². The minimum atomic E-state index is -0.152. The van der Waals surface area contributed by atoms with E-state index >= 15 is 0 Å². The number of aliphatic hydroxyl groups excluding tert-OH is 2. The lowest BCUT2D eigenvalue weighted by Crippen LogP contribution is -2.66. The predicted molar refractivity (Wildman–Crippen MR) is 140 cm³/mol. The van der Waals surface area contributed by atoms with Crippen LogP contribution in [0.15, 0.2) is 12.2 Å². The SMILES string of the molecule is C=C(CBr)[C@@H]1CC[C@]2(CO)CC[C@]3(C)[C@H](CC[C@@H]4[C@@]5(C)CC[C@H](O)C(C)(C)[C@@H]5CC[C@]43C)[C@@H]12. The first-order valence-electron chi connectivity index (χ1n) is 13.9. The Kier molecular flexibility index (Phi) is 5.88. The van der Waals surface area contributed by atoms with Gasteiger partial charge in [-0.1, -0.05) is 62.7 Å². The van der Waals surface area contributed by atoms with Crippen LogP contribution in [0.1, 0.15) is 98.8 Å². The molecule has 5 fully saturated rings. The highest BCUT2D eigenvalue weighted by Gasteiger charge is 2.70. The maximum absolute atomic E-state index is 10.9. The molecule has 0 aromatic carbocycles. The van der Waals surface area contributed by atoms with E-state index in [1.807, 2.05) is 0 Å². The van der Waals surface area contributed by atoms with Gasteiger partial charge in [-0.05, 0) is 121 Å². The normalized spacial score (nSPS) is 55.2. The summed E-state index contributed by atoms with van der Waals surface area (Å²) in [6, 6.07) is 0. The fourth-order valence-electron chi connectivity index (χ4n) is 11.6. The Hall–Kier alpha value is 0.140. The van der Waals surface area contributed by atoms with Gasteiger partial charge in [0.2, 0.25) is 0 Å². The molecule has 0 aliphatic heterocycles. The van der Waals surface area contributed by atoms with Gasteiger partial charge in [-0.25, -0.2) is 0 Å². The maximum Gasteiger partial charge on any atom is 0.0594 e. The lowest BCUT2D eigenvalue weighted by molar-refractivity contribution is -0.249. The molecule has 2 nitrogen and oxygen atoms in total. The quantitative estimate of drug-likeness (QED) is 0.301. The van der Waals surface area contributed by atoms with E-state index in [0.717, 1.165) is 17.7 Å². The molecule has 33 heavy (non-hydrogen) atoms. The van der Waals surface area contributed by atoms with Gasteiger partial charge in [0.15, 0.2) is 0 Å². The summed E-state index contributed by atoms with van der Waals surface area (Å²) in [6.07, 6.45) is 12.1. The van der Waals surface area contributed by atoms with Crippen molar-refractivity contribution in [2.45, 2.75) is 105 Å². The highest BCUT2D eigenvalue weighted by molar-refractivity contribution is 9.09. The van der Waals surface area contributed by atoms with E-state index in [0.29, 0.717) is 46.5 Å². The molecule has 5 rings (SSSR count). The van der Waals surface area contributed by atoms with Crippen molar-refractivity contribution < 1.29 is 10.2 Å². The zero-order valence-electron chi connectivity index (χ0n) is 21.9. The molecular formula is C30H49BrO2. The zero-order chi connectivity index (χ0) is 24.0. The number of alkyl halides is 1. The van der Waals surface area contributed by atoms with Gasteiger partial charge in [-0.15, -0.1) is 0 Å². The van der Waals surface area contributed by atoms with Gasteiger partial charge in [0.1, 0.15) is 0 Å².